The van der Waals surface area contributed by atoms with Gasteiger partial charge < -0.3 is 10.2 Å². The van der Waals surface area contributed by atoms with Gasteiger partial charge in [0, 0.05) is 30.6 Å². The van der Waals surface area contributed by atoms with Gasteiger partial charge in [0.05, 0.1) is 17.4 Å². The van der Waals surface area contributed by atoms with E-state index in [0.717, 1.165) is 24.6 Å². The summed E-state index contributed by atoms with van der Waals surface area (Å²) in [6.45, 7) is 2.20. The van der Waals surface area contributed by atoms with Crippen molar-refractivity contribution in [2.75, 3.05) is 18.0 Å². The van der Waals surface area contributed by atoms with E-state index in [1.807, 2.05) is 18.3 Å². The molecule has 1 N–H and O–H groups in total. The molecule has 0 saturated carbocycles. The number of hydrogen-bond donors (Lipinski definition) is 1. The van der Waals surface area contributed by atoms with E-state index < -0.39 is 0 Å². The van der Waals surface area contributed by atoms with E-state index in [0.29, 0.717) is 6.04 Å². The van der Waals surface area contributed by atoms with Gasteiger partial charge in [-0.15, -0.1) is 0 Å². The Balaban J connectivity index is 1.73. The molecule has 4 nitrogen and oxygen atoms in total. The summed E-state index contributed by atoms with van der Waals surface area (Å²) in [5.74, 6) is 0. The van der Waals surface area contributed by atoms with E-state index >= 15 is 0 Å². The molecule has 0 amide bonds. The van der Waals surface area contributed by atoms with E-state index in [2.05, 4.69) is 32.5 Å². The molecule has 2 bridgehead atoms. The molecule has 1 aromatic carbocycles. The number of aromatic nitrogens is 2. The summed E-state index contributed by atoms with van der Waals surface area (Å²) in [5, 5.41) is 13.3. The van der Waals surface area contributed by atoms with Crippen LogP contribution in [0.4, 0.5) is 5.69 Å². The van der Waals surface area contributed by atoms with Crippen molar-refractivity contribution in [3.63, 3.8) is 0 Å². The maximum absolute atomic E-state index is 4.22. The van der Waals surface area contributed by atoms with Crippen molar-refractivity contribution >= 4 is 16.6 Å². The third-order valence-corrected chi connectivity index (χ3v) is 4.39. The van der Waals surface area contributed by atoms with Gasteiger partial charge in [-0.1, -0.05) is 18.2 Å². The predicted octanol–water partition coefficient (Wildman–Crippen LogP) is 1.96. The van der Waals surface area contributed by atoms with Gasteiger partial charge in [0.1, 0.15) is 0 Å². The van der Waals surface area contributed by atoms with Crippen molar-refractivity contribution in [3.8, 4) is 0 Å². The monoisotopic (exact) mass is 254 g/mol. The standard InChI is InChI=1S/C15H18N4/c1-2-4-14-13(3-1)15(9-16-18-14)19-8-7-11-5-6-12(10-19)17-11/h1-4,9,11-12,17H,5-8,10H2. The Bertz CT molecular complexity index is 592. The van der Waals surface area contributed by atoms with Crippen LogP contribution in [0, 0.1) is 0 Å². The molecule has 2 unspecified atom stereocenters. The van der Waals surface area contributed by atoms with Crippen LogP contribution in [0.3, 0.4) is 0 Å². The summed E-state index contributed by atoms with van der Waals surface area (Å²) < 4.78 is 0. The van der Waals surface area contributed by atoms with Crippen molar-refractivity contribution in [2.45, 2.75) is 31.3 Å². The summed E-state index contributed by atoms with van der Waals surface area (Å²) in [5.41, 5.74) is 2.22. The Hall–Kier alpha value is -1.68. The molecule has 0 spiro atoms. The molecule has 19 heavy (non-hydrogen) atoms. The maximum atomic E-state index is 4.22. The topological polar surface area (TPSA) is 41.0 Å². The highest BCUT2D eigenvalue weighted by atomic mass is 15.2. The molecule has 1 aromatic heterocycles. The van der Waals surface area contributed by atoms with Gasteiger partial charge in [-0.3, -0.25) is 0 Å². The largest absolute Gasteiger partial charge is 0.368 e. The average Bonchev–Trinajstić information content (AvgIpc) is 2.78. The number of anilines is 1. The van der Waals surface area contributed by atoms with Crippen LogP contribution in [0.2, 0.25) is 0 Å². The van der Waals surface area contributed by atoms with Gasteiger partial charge in [-0.25, -0.2) is 0 Å². The van der Waals surface area contributed by atoms with Gasteiger partial charge in [-0.2, -0.15) is 10.2 Å². The summed E-state index contributed by atoms with van der Waals surface area (Å²) in [7, 11) is 0. The first-order valence-electron chi connectivity index (χ1n) is 7.11. The number of nitrogens with one attached hydrogen (secondary N) is 1. The second-order valence-corrected chi connectivity index (χ2v) is 5.62. The molecule has 0 radical (unpaired) electrons. The fourth-order valence-corrected chi connectivity index (χ4v) is 3.41. The summed E-state index contributed by atoms with van der Waals surface area (Å²) in [4.78, 5) is 2.48. The molecule has 0 aliphatic carbocycles. The van der Waals surface area contributed by atoms with Gasteiger partial charge in [0.25, 0.3) is 0 Å². The first-order valence-corrected chi connectivity index (χ1v) is 7.11. The Morgan fingerprint density at radius 3 is 3.00 bits per heavy atom. The second-order valence-electron chi connectivity index (χ2n) is 5.62. The highest BCUT2D eigenvalue weighted by molar-refractivity contribution is 5.90. The first-order chi connectivity index (χ1) is 9.40. The maximum Gasteiger partial charge on any atom is 0.0950 e. The molecule has 4 heteroatoms. The molecule has 2 aromatic rings. The van der Waals surface area contributed by atoms with Crippen LogP contribution < -0.4 is 10.2 Å². The Kier molecular flexibility index (Phi) is 2.62. The summed E-state index contributed by atoms with van der Waals surface area (Å²) in [6, 6.07) is 9.64. The van der Waals surface area contributed by atoms with E-state index in [9.17, 15) is 0 Å². The van der Waals surface area contributed by atoms with Gasteiger partial charge in [-0.05, 0) is 25.3 Å². The lowest BCUT2D eigenvalue weighted by Crippen LogP contribution is -2.35. The second kappa shape index (κ2) is 4.46. The molecule has 3 heterocycles. The van der Waals surface area contributed by atoms with Crippen molar-refractivity contribution < 1.29 is 0 Å². The minimum Gasteiger partial charge on any atom is -0.368 e. The van der Waals surface area contributed by atoms with Crippen LogP contribution in [-0.2, 0) is 0 Å². The van der Waals surface area contributed by atoms with E-state index in [1.54, 1.807) is 0 Å². The highest BCUT2D eigenvalue weighted by Crippen LogP contribution is 2.28. The highest BCUT2D eigenvalue weighted by Gasteiger charge is 2.29. The third kappa shape index (κ3) is 1.96. The number of hydrogen-bond acceptors (Lipinski definition) is 4. The predicted molar refractivity (Wildman–Crippen MR) is 76.3 cm³/mol. The van der Waals surface area contributed by atoms with Crippen LogP contribution in [0.15, 0.2) is 30.5 Å². The Morgan fingerprint density at radius 1 is 1.11 bits per heavy atom. The number of nitrogens with zero attached hydrogens (tertiary/aromatic N) is 3. The quantitative estimate of drug-likeness (QED) is 0.844. The van der Waals surface area contributed by atoms with E-state index in [1.165, 1.54) is 30.3 Å². The van der Waals surface area contributed by atoms with Crippen molar-refractivity contribution in [1.29, 1.82) is 0 Å². The first kappa shape index (κ1) is 11.2. The summed E-state index contributed by atoms with van der Waals surface area (Å²) >= 11 is 0. The lowest BCUT2D eigenvalue weighted by atomic mass is 10.1. The van der Waals surface area contributed by atoms with Gasteiger partial charge in [0.2, 0.25) is 0 Å². The van der Waals surface area contributed by atoms with Crippen LogP contribution in [0.1, 0.15) is 19.3 Å². The fraction of sp³-hybridized carbons (Fsp3) is 0.467. The average molecular weight is 254 g/mol. The van der Waals surface area contributed by atoms with Crippen molar-refractivity contribution in [1.82, 2.24) is 15.5 Å². The molecule has 2 atom stereocenters. The minimum absolute atomic E-state index is 0.638. The minimum atomic E-state index is 0.638. The SMILES string of the molecule is c1ccc2c(N3CCC4CCC(C3)N4)cnnc2c1. The van der Waals surface area contributed by atoms with E-state index in [4.69, 9.17) is 0 Å². The molecule has 2 fully saturated rings. The molecule has 4 rings (SSSR count). The normalized spacial score (nSPS) is 26.6. The lowest BCUT2D eigenvalue weighted by Gasteiger charge is -2.26. The molecule has 98 valence electrons. The summed E-state index contributed by atoms with van der Waals surface area (Å²) in [6.07, 6.45) is 5.79. The molecular formula is C15H18N4. The smallest absolute Gasteiger partial charge is 0.0950 e. The Morgan fingerprint density at radius 2 is 2.00 bits per heavy atom. The zero-order valence-corrected chi connectivity index (χ0v) is 10.9. The fourth-order valence-electron chi connectivity index (χ4n) is 3.41. The van der Waals surface area contributed by atoms with Crippen molar-refractivity contribution in [2.24, 2.45) is 0 Å². The van der Waals surface area contributed by atoms with Crippen LogP contribution >= 0.6 is 0 Å². The van der Waals surface area contributed by atoms with Crippen LogP contribution in [0.25, 0.3) is 10.9 Å². The molecular weight excluding hydrogens is 236 g/mol. The molecule has 2 saturated heterocycles. The van der Waals surface area contributed by atoms with Crippen LogP contribution in [-0.4, -0.2) is 35.4 Å². The number of rotatable bonds is 1. The van der Waals surface area contributed by atoms with Gasteiger partial charge in [0.15, 0.2) is 0 Å². The van der Waals surface area contributed by atoms with Crippen LogP contribution in [0.5, 0.6) is 0 Å². The van der Waals surface area contributed by atoms with Gasteiger partial charge >= 0.3 is 0 Å². The lowest BCUT2D eigenvalue weighted by molar-refractivity contribution is 0.563. The molecule has 2 aliphatic heterocycles. The third-order valence-electron chi connectivity index (χ3n) is 4.39. The van der Waals surface area contributed by atoms with Crippen molar-refractivity contribution in [3.05, 3.63) is 30.5 Å². The van der Waals surface area contributed by atoms with E-state index in [-0.39, 0.29) is 0 Å². The zero-order chi connectivity index (χ0) is 12.7. The zero-order valence-electron chi connectivity index (χ0n) is 10.9. The molecule has 2 aliphatic rings. The number of benzene rings is 1. The Labute approximate surface area is 112 Å². The number of fused-ring (bicyclic) bond motifs is 3.